The number of rotatable bonds is 7. The number of piperazine rings is 1. The van der Waals surface area contributed by atoms with Crippen LogP contribution in [0.5, 0.6) is 0 Å². The van der Waals surface area contributed by atoms with Crippen LogP contribution in [0.2, 0.25) is 0 Å². The molecule has 28 heavy (non-hydrogen) atoms. The molecular formula is C19H22N6OS2. The van der Waals surface area contributed by atoms with Crippen LogP contribution >= 0.6 is 22.7 Å². The molecule has 1 fully saturated rings. The molecule has 1 aliphatic heterocycles. The summed E-state index contributed by atoms with van der Waals surface area (Å²) in [4.78, 5) is 31.7. The maximum Gasteiger partial charge on any atom is 0.263 e. The Morgan fingerprint density at radius 2 is 1.93 bits per heavy atom. The van der Waals surface area contributed by atoms with Crippen molar-refractivity contribution in [3.05, 3.63) is 47.0 Å². The third-order valence-electron chi connectivity index (χ3n) is 4.61. The Bertz CT molecular complexity index is 875. The summed E-state index contributed by atoms with van der Waals surface area (Å²) in [6, 6.07) is 5.85. The predicted molar refractivity (Wildman–Crippen MR) is 113 cm³/mol. The summed E-state index contributed by atoms with van der Waals surface area (Å²) in [6.07, 6.45) is 6.16. The van der Waals surface area contributed by atoms with Crippen LogP contribution in [0, 0.1) is 0 Å². The average Bonchev–Trinajstić information content (AvgIpc) is 3.44. The third-order valence-corrected chi connectivity index (χ3v) is 6.64. The predicted octanol–water partition coefficient (Wildman–Crippen LogP) is 2.60. The van der Waals surface area contributed by atoms with Gasteiger partial charge in [0.2, 0.25) is 5.95 Å². The lowest BCUT2D eigenvalue weighted by Gasteiger charge is -2.34. The number of thiophene rings is 1. The fourth-order valence-corrected chi connectivity index (χ4v) is 4.75. The van der Waals surface area contributed by atoms with Crippen molar-refractivity contribution in [3.8, 4) is 9.88 Å². The molecule has 0 spiro atoms. The van der Waals surface area contributed by atoms with E-state index in [9.17, 15) is 4.79 Å². The third kappa shape index (κ3) is 4.73. The first kappa shape index (κ1) is 19.0. The molecule has 0 radical (unpaired) electrons. The SMILES string of the molecule is O=C(NCCCN1CCN(c2ncccn2)CC1)c1cnc(-c2cccs2)s1. The van der Waals surface area contributed by atoms with Crippen molar-refractivity contribution in [2.24, 2.45) is 0 Å². The van der Waals surface area contributed by atoms with Gasteiger partial charge in [-0.1, -0.05) is 6.07 Å². The molecule has 0 bridgehead atoms. The lowest BCUT2D eigenvalue weighted by atomic mass is 10.3. The topological polar surface area (TPSA) is 74.2 Å². The van der Waals surface area contributed by atoms with E-state index in [-0.39, 0.29) is 5.91 Å². The second-order valence-corrected chi connectivity index (χ2v) is 8.47. The quantitative estimate of drug-likeness (QED) is 0.599. The van der Waals surface area contributed by atoms with Crippen molar-refractivity contribution in [1.82, 2.24) is 25.2 Å². The van der Waals surface area contributed by atoms with Crippen molar-refractivity contribution in [2.75, 3.05) is 44.2 Å². The molecule has 1 N–H and O–H groups in total. The molecular weight excluding hydrogens is 392 g/mol. The van der Waals surface area contributed by atoms with E-state index in [1.54, 1.807) is 29.9 Å². The minimum Gasteiger partial charge on any atom is -0.351 e. The fraction of sp³-hybridized carbons (Fsp3) is 0.368. The van der Waals surface area contributed by atoms with Crippen LogP contribution in [0.25, 0.3) is 9.88 Å². The van der Waals surface area contributed by atoms with Gasteiger partial charge >= 0.3 is 0 Å². The number of nitrogens with zero attached hydrogens (tertiary/aromatic N) is 5. The van der Waals surface area contributed by atoms with Gasteiger partial charge in [0.25, 0.3) is 5.91 Å². The zero-order valence-corrected chi connectivity index (χ0v) is 17.1. The van der Waals surface area contributed by atoms with E-state index in [1.807, 2.05) is 23.6 Å². The number of amides is 1. The molecule has 7 nitrogen and oxygen atoms in total. The van der Waals surface area contributed by atoms with E-state index in [0.29, 0.717) is 11.4 Å². The van der Waals surface area contributed by atoms with Crippen LogP contribution in [0.4, 0.5) is 5.95 Å². The molecule has 0 unspecified atom stereocenters. The highest BCUT2D eigenvalue weighted by atomic mass is 32.1. The van der Waals surface area contributed by atoms with E-state index in [0.717, 1.165) is 55.0 Å². The summed E-state index contributed by atoms with van der Waals surface area (Å²) in [5.41, 5.74) is 0. The summed E-state index contributed by atoms with van der Waals surface area (Å²) < 4.78 is 0. The van der Waals surface area contributed by atoms with Gasteiger partial charge in [0, 0.05) is 45.1 Å². The Hall–Kier alpha value is -2.36. The highest BCUT2D eigenvalue weighted by molar-refractivity contribution is 7.21. The number of hydrogen-bond donors (Lipinski definition) is 1. The molecule has 1 amide bonds. The molecule has 9 heteroatoms. The molecule has 1 saturated heterocycles. The summed E-state index contributed by atoms with van der Waals surface area (Å²) in [7, 11) is 0. The number of carbonyl (C=O) groups excluding carboxylic acids is 1. The zero-order chi connectivity index (χ0) is 19.2. The molecule has 3 aromatic heterocycles. The van der Waals surface area contributed by atoms with Gasteiger partial charge in [-0.05, 0) is 30.5 Å². The van der Waals surface area contributed by atoms with Gasteiger partial charge in [-0.2, -0.15) is 0 Å². The molecule has 146 valence electrons. The van der Waals surface area contributed by atoms with E-state index in [1.165, 1.54) is 11.3 Å². The zero-order valence-electron chi connectivity index (χ0n) is 15.5. The molecule has 0 saturated carbocycles. The summed E-state index contributed by atoms with van der Waals surface area (Å²) in [5.74, 6) is 0.771. The molecule has 3 aromatic rings. The Balaban J connectivity index is 1.16. The minimum absolute atomic E-state index is 0.0358. The van der Waals surface area contributed by atoms with Crippen LogP contribution in [-0.2, 0) is 0 Å². The molecule has 1 aliphatic rings. The van der Waals surface area contributed by atoms with Gasteiger partial charge in [-0.25, -0.2) is 15.0 Å². The van der Waals surface area contributed by atoms with E-state index in [4.69, 9.17) is 0 Å². The Labute approximate surface area is 172 Å². The van der Waals surface area contributed by atoms with Gasteiger partial charge in [-0.3, -0.25) is 9.69 Å². The Morgan fingerprint density at radius 1 is 1.11 bits per heavy atom. The lowest BCUT2D eigenvalue weighted by Crippen LogP contribution is -2.47. The van der Waals surface area contributed by atoms with Crippen molar-refractivity contribution in [3.63, 3.8) is 0 Å². The highest BCUT2D eigenvalue weighted by Crippen LogP contribution is 2.28. The molecule has 0 aromatic carbocycles. The van der Waals surface area contributed by atoms with Crippen molar-refractivity contribution in [1.29, 1.82) is 0 Å². The van der Waals surface area contributed by atoms with Crippen LogP contribution in [0.1, 0.15) is 16.1 Å². The van der Waals surface area contributed by atoms with Crippen LogP contribution in [0.15, 0.2) is 42.2 Å². The van der Waals surface area contributed by atoms with E-state index < -0.39 is 0 Å². The summed E-state index contributed by atoms with van der Waals surface area (Å²) >= 11 is 3.08. The molecule has 0 atom stereocenters. The number of aromatic nitrogens is 3. The maximum absolute atomic E-state index is 12.3. The second kappa shape index (κ2) is 9.22. The van der Waals surface area contributed by atoms with Gasteiger partial charge in [0.1, 0.15) is 9.88 Å². The first-order valence-electron chi connectivity index (χ1n) is 9.32. The minimum atomic E-state index is -0.0358. The number of anilines is 1. The first-order valence-corrected chi connectivity index (χ1v) is 11.0. The molecule has 4 heterocycles. The Kier molecular flexibility index (Phi) is 6.25. The number of thiazole rings is 1. The second-order valence-electron chi connectivity index (χ2n) is 6.49. The monoisotopic (exact) mass is 414 g/mol. The first-order chi connectivity index (χ1) is 13.8. The number of hydrogen-bond acceptors (Lipinski definition) is 8. The van der Waals surface area contributed by atoms with Gasteiger partial charge < -0.3 is 10.2 Å². The van der Waals surface area contributed by atoms with E-state index in [2.05, 4.69) is 30.1 Å². The summed E-state index contributed by atoms with van der Waals surface area (Å²) in [6.45, 7) is 5.50. The Morgan fingerprint density at radius 3 is 2.68 bits per heavy atom. The summed E-state index contributed by atoms with van der Waals surface area (Å²) in [5, 5.41) is 5.93. The lowest BCUT2D eigenvalue weighted by molar-refractivity contribution is 0.0955. The van der Waals surface area contributed by atoms with Gasteiger partial charge in [0.05, 0.1) is 11.1 Å². The standard InChI is InChI=1S/C19H22N6OS2/c26-17(16-14-23-18(28-16)15-4-1-13-27-15)20-7-3-8-24-9-11-25(12-10-24)19-21-5-2-6-22-19/h1-2,4-6,13-14H,3,7-12H2,(H,20,26). The van der Waals surface area contributed by atoms with Gasteiger partial charge in [-0.15, -0.1) is 22.7 Å². The number of carbonyl (C=O) groups is 1. The highest BCUT2D eigenvalue weighted by Gasteiger charge is 2.18. The normalized spacial score (nSPS) is 14.9. The van der Waals surface area contributed by atoms with Crippen molar-refractivity contribution >= 4 is 34.5 Å². The molecule has 4 rings (SSSR count). The van der Waals surface area contributed by atoms with Crippen LogP contribution in [-0.4, -0.2) is 65.0 Å². The van der Waals surface area contributed by atoms with Gasteiger partial charge in [0.15, 0.2) is 0 Å². The van der Waals surface area contributed by atoms with Crippen LogP contribution < -0.4 is 10.2 Å². The maximum atomic E-state index is 12.3. The average molecular weight is 415 g/mol. The van der Waals surface area contributed by atoms with Crippen LogP contribution in [0.3, 0.4) is 0 Å². The molecule has 0 aliphatic carbocycles. The van der Waals surface area contributed by atoms with Crippen molar-refractivity contribution in [2.45, 2.75) is 6.42 Å². The van der Waals surface area contributed by atoms with E-state index >= 15 is 0 Å². The fourth-order valence-electron chi connectivity index (χ4n) is 3.11. The number of nitrogens with one attached hydrogen (secondary N) is 1. The smallest absolute Gasteiger partial charge is 0.263 e. The largest absolute Gasteiger partial charge is 0.351 e. The van der Waals surface area contributed by atoms with Crippen molar-refractivity contribution < 1.29 is 4.79 Å².